The van der Waals surface area contributed by atoms with Crippen LogP contribution in [0.15, 0.2) is 41.2 Å². The van der Waals surface area contributed by atoms with E-state index in [0.717, 1.165) is 27.9 Å². The Labute approximate surface area is 161 Å². The molecular formula is C21H21N5O2. The number of fused-ring (bicyclic) bond motifs is 3. The van der Waals surface area contributed by atoms with Crippen LogP contribution in [0.25, 0.3) is 16.7 Å². The summed E-state index contributed by atoms with van der Waals surface area (Å²) >= 11 is 0. The number of amides is 1. The van der Waals surface area contributed by atoms with Crippen molar-refractivity contribution in [3.63, 3.8) is 0 Å². The molecule has 7 nitrogen and oxygen atoms in total. The number of aryl methyl sites for hydroxylation is 4. The van der Waals surface area contributed by atoms with Gasteiger partial charge in [-0.05, 0) is 51.0 Å². The van der Waals surface area contributed by atoms with Crippen LogP contribution >= 0.6 is 0 Å². The molecule has 0 aliphatic carbocycles. The molecule has 2 heterocycles. The van der Waals surface area contributed by atoms with Crippen LogP contribution < -0.4 is 10.9 Å². The zero-order valence-corrected chi connectivity index (χ0v) is 16.3. The van der Waals surface area contributed by atoms with Gasteiger partial charge in [0.2, 0.25) is 11.6 Å². The lowest BCUT2D eigenvalue weighted by Gasteiger charge is -2.15. The van der Waals surface area contributed by atoms with Crippen molar-refractivity contribution >= 4 is 28.3 Å². The zero-order valence-electron chi connectivity index (χ0n) is 16.3. The summed E-state index contributed by atoms with van der Waals surface area (Å²) in [6, 6.07) is 11.5. The molecule has 0 atom stereocenters. The Balaban J connectivity index is 1.79. The number of hydrogen-bond acceptors (Lipinski definition) is 4. The number of para-hydroxylation sites is 2. The van der Waals surface area contributed by atoms with Gasteiger partial charge in [0.25, 0.3) is 5.56 Å². The highest BCUT2D eigenvalue weighted by Crippen LogP contribution is 2.22. The molecule has 28 heavy (non-hydrogen) atoms. The molecule has 0 saturated heterocycles. The highest BCUT2D eigenvalue weighted by molar-refractivity contribution is 5.93. The van der Waals surface area contributed by atoms with Crippen molar-refractivity contribution in [3.05, 3.63) is 69.3 Å². The molecule has 0 radical (unpaired) electrons. The van der Waals surface area contributed by atoms with E-state index in [1.165, 1.54) is 4.57 Å². The van der Waals surface area contributed by atoms with E-state index in [-0.39, 0.29) is 23.7 Å². The van der Waals surface area contributed by atoms with E-state index in [1.54, 1.807) is 11.3 Å². The summed E-state index contributed by atoms with van der Waals surface area (Å²) in [5, 5.41) is 11.0. The molecule has 1 amide bonds. The molecule has 0 bridgehead atoms. The Hall–Kier alpha value is -3.48. The normalized spacial score (nSPS) is 11.3. The minimum absolute atomic E-state index is 0.103. The fourth-order valence-corrected chi connectivity index (χ4v) is 3.76. The van der Waals surface area contributed by atoms with Crippen molar-refractivity contribution in [2.24, 2.45) is 0 Å². The minimum Gasteiger partial charge on any atom is -0.324 e. The Morgan fingerprint density at radius 3 is 2.32 bits per heavy atom. The van der Waals surface area contributed by atoms with Gasteiger partial charge in [-0.3, -0.25) is 18.6 Å². The number of benzene rings is 2. The highest BCUT2D eigenvalue weighted by atomic mass is 16.2. The average Bonchev–Trinajstić information content (AvgIpc) is 3.04. The van der Waals surface area contributed by atoms with Crippen LogP contribution in [-0.4, -0.2) is 25.1 Å². The first-order chi connectivity index (χ1) is 13.4. The first-order valence-electron chi connectivity index (χ1n) is 9.08. The Bertz CT molecular complexity index is 1280. The molecule has 142 valence electrons. The number of nitrogens with zero attached hydrogens (tertiary/aromatic N) is 4. The lowest BCUT2D eigenvalue weighted by Crippen LogP contribution is -2.30. The smallest absolute Gasteiger partial charge is 0.297 e. The topological polar surface area (TPSA) is 81.3 Å². The second kappa shape index (κ2) is 6.60. The Kier molecular flexibility index (Phi) is 4.22. The van der Waals surface area contributed by atoms with Gasteiger partial charge >= 0.3 is 0 Å². The first kappa shape index (κ1) is 17.9. The van der Waals surface area contributed by atoms with E-state index in [0.29, 0.717) is 11.3 Å². The van der Waals surface area contributed by atoms with Gasteiger partial charge in [0, 0.05) is 5.69 Å². The Morgan fingerprint density at radius 1 is 1.00 bits per heavy atom. The van der Waals surface area contributed by atoms with Crippen molar-refractivity contribution in [3.8, 4) is 0 Å². The third kappa shape index (κ3) is 2.85. The van der Waals surface area contributed by atoms with Gasteiger partial charge in [-0.1, -0.05) is 29.8 Å². The van der Waals surface area contributed by atoms with E-state index < -0.39 is 0 Å². The third-order valence-corrected chi connectivity index (χ3v) is 4.92. The van der Waals surface area contributed by atoms with Gasteiger partial charge < -0.3 is 5.32 Å². The summed E-state index contributed by atoms with van der Waals surface area (Å²) in [6.07, 6.45) is 0. The third-order valence-electron chi connectivity index (χ3n) is 4.92. The predicted octanol–water partition coefficient (Wildman–Crippen LogP) is 2.92. The fraction of sp³-hybridized carbons (Fsp3) is 0.238. The zero-order chi connectivity index (χ0) is 20.0. The van der Waals surface area contributed by atoms with Crippen LogP contribution in [0.1, 0.15) is 22.5 Å². The van der Waals surface area contributed by atoms with Crippen LogP contribution in [0, 0.1) is 27.7 Å². The number of hydrogen-bond donors (Lipinski definition) is 1. The maximum absolute atomic E-state index is 13.0. The van der Waals surface area contributed by atoms with Gasteiger partial charge in [0.1, 0.15) is 12.4 Å². The first-order valence-corrected chi connectivity index (χ1v) is 9.08. The van der Waals surface area contributed by atoms with E-state index in [1.807, 2.05) is 57.2 Å². The molecule has 0 saturated carbocycles. The van der Waals surface area contributed by atoms with E-state index in [2.05, 4.69) is 15.5 Å². The molecule has 0 aliphatic rings. The fourth-order valence-electron chi connectivity index (χ4n) is 3.76. The van der Waals surface area contributed by atoms with Gasteiger partial charge in [-0.2, -0.15) is 0 Å². The molecule has 0 unspecified atom stereocenters. The summed E-state index contributed by atoms with van der Waals surface area (Å²) in [7, 11) is 0. The summed E-state index contributed by atoms with van der Waals surface area (Å²) in [6.45, 7) is 7.64. The van der Waals surface area contributed by atoms with Crippen LogP contribution in [0.2, 0.25) is 0 Å². The number of nitrogens with one attached hydrogen (secondary N) is 1. The van der Waals surface area contributed by atoms with Crippen molar-refractivity contribution in [2.45, 2.75) is 34.2 Å². The van der Waals surface area contributed by atoms with Crippen molar-refractivity contribution in [2.75, 3.05) is 5.32 Å². The quantitative estimate of drug-likeness (QED) is 0.597. The molecular weight excluding hydrogens is 354 g/mol. The Morgan fingerprint density at radius 2 is 1.64 bits per heavy atom. The monoisotopic (exact) mass is 375 g/mol. The molecule has 2 aromatic heterocycles. The van der Waals surface area contributed by atoms with Crippen LogP contribution in [-0.2, 0) is 11.3 Å². The highest BCUT2D eigenvalue weighted by Gasteiger charge is 2.17. The van der Waals surface area contributed by atoms with Crippen LogP contribution in [0.4, 0.5) is 5.69 Å². The standard InChI is InChI=1S/C21H21N5O2/c1-12-9-13(2)19(14(3)10-12)22-18(27)11-25-16-7-5-6-8-17(16)26-15(4)23-24-20(26)21(25)28/h5-10H,11H2,1-4H3,(H,22,27). The lowest BCUT2D eigenvalue weighted by atomic mass is 10.1. The summed E-state index contributed by atoms with van der Waals surface area (Å²) in [4.78, 5) is 25.8. The predicted molar refractivity (Wildman–Crippen MR) is 109 cm³/mol. The number of rotatable bonds is 3. The lowest BCUT2D eigenvalue weighted by molar-refractivity contribution is -0.116. The van der Waals surface area contributed by atoms with Crippen LogP contribution in [0.5, 0.6) is 0 Å². The maximum Gasteiger partial charge on any atom is 0.297 e. The molecule has 4 aromatic rings. The summed E-state index contributed by atoms with van der Waals surface area (Å²) in [5.74, 6) is 0.369. The molecule has 7 heteroatoms. The molecule has 1 N–H and O–H groups in total. The number of aromatic nitrogens is 4. The van der Waals surface area contributed by atoms with E-state index in [4.69, 9.17) is 0 Å². The van der Waals surface area contributed by atoms with Gasteiger partial charge in [0.15, 0.2) is 0 Å². The van der Waals surface area contributed by atoms with Crippen LogP contribution in [0.3, 0.4) is 0 Å². The van der Waals surface area contributed by atoms with Crippen molar-refractivity contribution in [1.82, 2.24) is 19.2 Å². The van der Waals surface area contributed by atoms with Crippen molar-refractivity contribution in [1.29, 1.82) is 0 Å². The second-order valence-corrected chi connectivity index (χ2v) is 7.11. The average molecular weight is 375 g/mol. The molecule has 0 aliphatic heterocycles. The van der Waals surface area contributed by atoms with Gasteiger partial charge in [-0.15, -0.1) is 10.2 Å². The number of anilines is 1. The minimum atomic E-state index is -0.341. The van der Waals surface area contributed by atoms with E-state index >= 15 is 0 Å². The molecule has 2 aromatic carbocycles. The van der Waals surface area contributed by atoms with E-state index in [9.17, 15) is 9.59 Å². The summed E-state index contributed by atoms with van der Waals surface area (Å²) < 4.78 is 3.17. The molecule has 0 fully saturated rings. The molecule has 4 rings (SSSR count). The van der Waals surface area contributed by atoms with Crippen molar-refractivity contribution < 1.29 is 4.79 Å². The van der Waals surface area contributed by atoms with Gasteiger partial charge in [0.05, 0.1) is 11.0 Å². The number of carbonyl (C=O) groups excluding carboxylic acids is 1. The largest absolute Gasteiger partial charge is 0.324 e. The maximum atomic E-state index is 13.0. The van der Waals surface area contributed by atoms with Gasteiger partial charge in [-0.25, -0.2) is 0 Å². The second-order valence-electron chi connectivity index (χ2n) is 7.11. The molecule has 0 spiro atoms. The summed E-state index contributed by atoms with van der Waals surface area (Å²) in [5.41, 5.74) is 5.23. The number of carbonyl (C=O) groups is 1. The SMILES string of the molecule is Cc1cc(C)c(NC(=O)Cn2c(=O)c3nnc(C)n3c3ccccc32)c(C)c1.